The molecule has 3 heterocycles. The van der Waals surface area contributed by atoms with E-state index in [0.717, 1.165) is 58.1 Å². The first kappa shape index (κ1) is 22.7. The zero-order valence-corrected chi connectivity index (χ0v) is 20.2. The number of nitrogens with zero attached hydrogens (tertiary/aromatic N) is 4. The first-order valence-electron chi connectivity index (χ1n) is 11.9. The predicted molar refractivity (Wildman–Crippen MR) is 137 cm³/mol. The number of likely N-dealkylation sites (tertiary alicyclic amines) is 1. The summed E-state index contributed by atoms with van der Waals surface area (Å²) in [5.41, 5.74) is 10.8. The SMILES string of the molecule is C/C=C/C(=O)N1CCC[C@H]1c1nc(-c2ccc(Oc3ccccc3C)c(C)c2)c2c(N)nccn12. The van der Waals surface area contributed by atoms with Gasteiger partial charge in [0, 0.05) is 24.5 Å². The number of fused-ring (bicyclic) bond motifs is 1. The highest BCUT2D eigenvalue weighted by atomic mass is 16.5. The van der Waals surface area contributed by atoms with Gasteiger partial charge in [0.15, 0.2) is 0 Å². The number of carbonyl (C=O) groups excluding carboxylic acids is 1. The molecule has 7 heteroatoms. The molecular formula is C28H29N5O2. The quantitative estimate of drug-likeness (QED) is 0.385. The lowest BCUT2D eigenvalue weighted by Crippen LogP contribution is -2.30. The third-order valence-electron chi connectivity index (χ3n) is 6.52. The van der Waals surface area contributed by atoms with Gasteiger partial charge in [-0.05, 0) is 75.1 Å². The van der Waals surface area contributed by atoms with Gasteiger partial charge in [0.05, 0.1) is 6.04 Å². The van der Waals surface area contributed by atoms with Crippen LogP contribution in [0.2, 0.25) is 0 Å². The molecule has 178 valence electrons. The van der Waals surface area contributed by atoms with Crippen LogP contribution in [0.15, 0.2) is 67.0 Å². The van der Waals surface area contributed by atoms with Crippen LogP contribution in [0.3, 0.4) is 0 Å². The molecule has 0 spiro atoms. The molecule has 4 aromatic rings. The van der Waals surface area contributed by atoms with Crippen LogP contribution in [0.4, 0.5) is 5.82 Å². The van der Waals surface area contributed by atoms with Crippen LogP contribution in [0.25, 0.3) is 16.8 Å². The molecule has 1 fully saturated rings. The molecule has 1 saturated heterocycles. The van der Waals surface area contributed by atoms with Crippen molar-refractivity contribution in [2.24, 2.45) is 0 Å². The Kier molecular flexibility index (Phi) is 5.99. The first-order chi connectivity index (χ1) is 17.0. The van der Waals surface area contributed by atoms with E-state index in [0.29, 0.717) is 12.4 Å². The zero-order chi connectivity index (χ0) is 24.5. The number of aryl methyl sites for hydroxylation is 2. The molecule has 7 nitrogen and oxygen atoms in total. The molecule has 1 aliphatic heterocycles. The van der Waals surface area contributed by atoms with Gasteiger partial charge in [0.2, 0.25) is 5.91 Å². The standard InChI is InChI=1S/C28H29N5O2/c1-4-8-24(34)32-15-7-10-21(32)28-31-25(26-27(29)30-14-16-33(26)28)20-12-13-23(19(3)17-20)35-22-11-6-5-9-18(22)2/h4-6,8-9,11-14,16-17,21H,7,10,15H2,1-3H3,(H2,29,30)/b8-4+/t21-/m0/s1. The Labute approximate surface area is 204 Å². The number of nitrogen functional groups attached to an aromatic ring is 1. The number of ether oxygens (including phenoxy) is 1. The van der Waals surface area contributed by atoms with E-state index in [2.05, 4.69) is 11.1 Å². The fraction of sp³-hybridized carbons (Fsp3) is 0.250. The maximum Gasteiger partial charge on any atom is 0.246 e. The molecule has 0 aliphatic carbocycles. The summed E-state index contributed by atoms with van der Waals surface area (Å²) < 4.78 is 8.16. The van der Waals surface area contributed by atoms with Crippen LogP contribution in [-0.2, 0) is 4.79 Å². The molecule has 2 aromatic heterocycles. The Hall–Kier alpha value is -4.13. The van der Waals surface area contributed by atoms with Gasteiger partial charge >= 0.3 is 0 Å². The lowest BCUT2D eigenvalue weighted by atomic mass is 10.1. The van der Waals surface area contributed by atoms with Crippen LogP contribution >= 0.6 is 0 Å². The van der Waals surface area contributed by atoms with E-state index in [1.165, 1.54) is 0 Å². The molecule has 2 aromatic carbocycles. The Morgan fingerprint density at radius 3 is 2.71 bits per heavy atom. The lowest BCUT2D eigenvalue weighted by Gasteiger charge is -2.22. The summed E-state index contributed by atoms with van der Waals surface area (Å²) in [5, 5.41) is 0. The van der Waals surface area contributed by atoms with E-state index in [1.54, 1.807) is 18.3 Å². The zero-order valence-electron chi connectivity index (χ0n) is 20.2. The van der Waals surface area contributed by atoms with Gasteiger partial charge in [0.25, 0.3) is 0 Å². The molecule has 35 heavy (non-hydrogen) atoms. The van der Waals surface area contributed by atoms with E-state index in [4.69, 9.17) is 15.5 Å². The normalized spacial score (nSPS) is 15.9. The molecule has 0 bridgehead atoms. The van der Waals surface area contributed by atoms with Gasteiger partial charge in [-0.15, -0.1) is 0 Å². The number of allylic oxidation sites excluding steroid dienone is 1. The third-order valence-corrected chi connectivity index (χ3v) is 6.52. The van der Waals surface area contributed by atoms with Crippen molar-refractivity contribution in [1.29, 1.82) is 0 Å². The second-order valence-corrected chi connectivity index (χ2v) is 8.89. The number of para-hydroxylation sites is 1. The van der Waals surface area contributed by atoms with Crippen LogP contribution < -0.4 is 10.5 Å². The summed E-state index contributed by atoms with van der Waals surface area (Å²) >= 11 is 0. The Morgan fingerprint density at radius 1 is 1.14 bits per heavy atom. The molecule has 0 radical (unpaired) electrons. The number of aromatic nitrogens is 3. The largest absolute Gasteiger partial charge is 0.457 e. The number of hydrogen-bond acceptors (Lipinski definition) is 5. The van der Waals surface area contributed by atoms with Crippen molar-refractivity contribution in [1.82, 2.24) is 19.3 Å². The highest BCUT2D eigenvalue weighted by Crippen LogP contribution is 2.38. The Bertz CT molecular complexity index is 1440. The smallest absolute Gasteiger partial charge is 0.246 e. The summed E-state index contributed by atoms with van der Waals surface area (Å²) in [4.78, 5) is 24.0. The van der Waals surface area contributed by atoms with Gasteiger partial charge in [-0.25, -0.2) is 9.97 Å². The van der Waals surface area contributed by atoms with E-state index >= 15 is 0 Å². The molecule has 2 N–H and O–H groups in total. The molecule has 1 aliphatic rings. The van der Waals surface area contributed by atoms with Crippen molar-refractivity contribution in [2.45, 2.75) is 39.7 Å². The molecular weight excluding hydrogens is 438 g/mol. The highest BCUT2D eigenvalue weighted by Gasteiger charge is 2.33. The average molecular weight is 468 g/mol. The number of nitrogens with two attached hydrogens (primary N) is 1. The summed E-state index contributed by atoms with van der Waals surface area (Å²) in [6.45, 7) is 6.61. The first-order valence-corrected chi connectivity index (χ1v) is 11.9. The summed E-state index contributed by atoms with van der Waals surface area (Å²) in [6.07, 6.45) is 8.72. The number of carbonyl (C=O) groups is 1. The maximum absolute atomic E-state index is 12.7. The highest BCUT2D eigenvalue weighted by molar-refractivity contribution is 5.89. The third kappa shape index (κ3) is 4.14. The number of hydrogen-bond donors (Lipinski definition) is 1. The Balaban J connectivity index is 1.57. The minimum Gasteiger partial charge on any atom is -0.457 e. The van der Waals surface area contributed by atoms with Crippen molar-refractivity contribution in [2.75, 3.05) is 12.3 Å². The second kappa shape index (κ2) is 9.25. The maximum atomic E-state index is 12.7. The number of amides is 1. The lowest BCUT2D eigenvalue weighted by molar-refractivity contribution is -0.127. The van der Waals surface area contributed by atoms with Crippen molar-refractivity contribution >= 4 is 17.2 Å². The monoisotopic (exact) mass is 467 g/mol. The molecule has 1 amide bonds. The summed E-state index contributed by atoms with van der Waals surface area (Å²) in [5.74, 6) is 2.83. The summed E-state index contributed by atoms with van der Waals surface area (Å²) in [7, 11) is 0. The van der Waals surface area contributed by atoms with E-state index in [1.807, 2.05) is 72.7 Å². The van der Waals surface area contributed by atoms with Gasteiger partial charge < -0.3 is 15.4 Å². The number of anilines is 1. The van der Waals surface area contributed by atoms with Crippen LogP contribution in [0.5, 0.6) is 11.5 Å². The van der Waals surface area contributed by atoms with E-state index < -0.39 is 0 Å². The Morgan fingerprint density at radius 2 is 1.94 bits per heavy atom. The minimum atomic E-state index is -0.119. The van der Waals surface area contributed by atoms with Gasteiger partial charge in [-0.3, -0.25) is 9.20 Å². The van der Waals surface area contributed by atoms with Crippen LogP contribution in [0, 0.1) is 13.8 Å². The fourth-order valence-electron chi connectivity index (χ4n) is 4.76. The van der Waals surface area contributed by atoms with Crippen molar-refractivity contribution in [3.63, 3.8) is 0 Å². The van der Waals surface area contributed by atoms with Crippen LogP contribution in [0.1, 0.15) is 42.8 Å². The number of benzene rings is 2. The minimum absolute atomic E-state index is 0.00359. The average Bonchev–Trinajstić information content (AvgIpc) is 3.47. The molecule has 5 rings (SSSR count). The predicted octanol–water partition coefficient (Wildman–Crippen LogP) is 5.63. The molecule has 0 saturated carbocycles. The molecule has 1 atom stereocenters. The second-order valence-electron chi connectivity index (χ2n) is 8.89. The number of rotatable bonds is 5. The topological polar surface area (TPSA) is 85.8 Å². The van der Waals surface area contributed by atoms with Crippen LogP contribution in [-0.4, -0.2) is 31.7 Å². The van der Waals surface area contributed by atoms with Gasteiger partial charge in [0.1, 0.15) is 34.4 Å². The van der Waals surface area contributed by atoms with Gasteiger partial charge in [-0.1, -0.05) is 24.3 Å². The van der Waals surface area contributed by atoms with Gasteiger partial charge in [-0.2, -0.15) is 0 Å². The van der Waals surface area contributed by atoms with Crippen molar-refractivity contribution < 1.29 is 9.53 Å². The van der Waals surface area contributed by atoms with E-state index in [-0.39, 0.29) is 11.9 Å². The number of imidazole rings is 1. The fourth-order valence-corrected chi connectivity index (χ4v) is 4.76. The van der Waals surface area contributed by atoms with Crippen molar-refractivity contribution in [3.05, 3.63) is 84.0 Å². The van der Waals surface area contributed by atoms with Crippen molar-refractivity contribution in [3.8, 4) is 22.8 Å². The molecule has 0 unspecified atom stereocenters. The summed E-state index contributed by atoms with van der Waals surface area (Å²) in [6, 6.07) is 13.9. The van der Waals surface area contributed by atoms with E-state index in [9.17, 15) is 4.79 Å².